The van der Waals surface area contributed by atoms with Gasteiger partial charge in [-0.1, -0.05) is 0 Å². The zero-order valence-corrected chi connectivity index (χ0v) is 20.5. The van der Waals surface area contributed by atoms with Crippen LogP contribution in [0.2, 0.25) is 0 Å². The van der Waals surface area contributed by atoms with Crippen LogP contribution in [0, 0.1) is 0 Å². The summed E-state index contributed by atoms with van der Waals surface area (Å²) in [7, 11) is -6.24. The van der Waals surface area contributed by atoms with E-state index in [1.54, 1.807) is 0 Å². The average molecular weight is 602 g/mol. The summed E-state index contributed by atoms with van der Waals surface area (Å²) in [6.07, 6.45) is -6.57. The van der Waals surface area contributed by atoms with Crippen LogP contribution in [0.15, 0.2) is 53.8 Å². The Hall–Kier alpha value is -3.96. The summed E-state index contributed by atoms with van der Waals surface area (Å²) in [6.45, 7) is -0.289. The Labute approximate surface area is 219 Å². The van der Waals surface area contributed by atoms with Crippen molar-refractivity contribution in [1.29, 1.82) is 0 Å². The van der Waals surface area contributed by atoms with E-state index in [1.807, 2.05) is 0 Å². The number of rotatable bonds is 7. The number of aromatic nitrogens is 3. The lowest BCUT2D eigenvalue weighted by atomic mass is 10.1. The zero-order valence-electron chi connectivity index (χ0n) is 19.7. The first-order valence-corrected chi connectivity index (χ1v) is 12.1. The van der Waals surface area contributed by atoms with Gasteiger partial charge in [0.05, 0.1) is 34.1 Å². The van der Waals surface area contributed by atoms with Crippen LogP contribution in [-0.4, -0.2) is 47.6 Å². The molecule has 8 nitrogen and oxygen atoms in total. The Morgan fingerprint density at radius 3 is 2.15 bits per heavy atom. The molecule has 0 aliphatic carbocycles. The summed E-state index contributed by atoms with van der Waals surface area (Å²) >= 11 is 0. The fourth-order valence-corrected chi connectivity index (χ4v) is 4.00. The first-order valence-electron chi connectivity index (χ1n) is 10.6. The van der Waals surface area contributed by atoms with E-state index in [9.17, 15) is 52.7 Å². The Balaban J connectivity index is 1.92. The molecule has 1 N–H and O–H groups in total. The number of carbonyl (C=O) groups is 1. The van der Waals surface area contributed by atoms with Crippen LogP contribution < -0.4 is 10.1 Å². The summed E-state index contributed by atoms with van der Waals surface area (Å²) in [5.74, 6) is -1.61. The van der Waals surface area contributed by atoms with E-state index in [0.29, 0.717) is 0 Å². The van der Waals surface area contributed by atoms with Gasteiger partial charge in [0, 0.05) is 18.0 Å². The van der Waals surface area contributed by atoms with Crippen LogP contribution in [0.25, 0.3) is 11.4 Å². The minimum atomic E-state index is -6.24. The number of alkyl halides is 9. The molecule has 0 radical (unpaired) electrons. The van der Waals surface area contributed by atoms with Gasteiger partial charge in [-0.2, -0.15) is 39.5 Å². The summed E-state index contributed by atoms with van der Waals surface area (Å²) < 4.78 is 144. The quantitative estimate of drug-likeness (QED) is 0.367. The van der Waals surface area contributed by atoms with Crippen molar-refractivity contribution in [3.8, 4) is 17.1 Å². The molecule has 0 saturated carbocycles. The number of nitrogens with one attached hydrogen (secondary N) is 1. The molecule has 0 bridgehead atoms. The van der Waals surface area contributed by atoms with Crippen LogP contribution in [0.1, 0.15) is 34.6 Å². The van der Waals surface area contributed by atoms with Crippen molar-refractivity contribution in [2.45, 2.75) is 35.7 Å². The molecule has 216 valence electrons. The molecule has 1 unspecified atom stereocenters. The molecule has 3 aromatic rings. The molecule has 2 aromatic heterocycles. The van der Waals surface area contributed by atoms with E-state index in [2.05, 4.69) is 25.0 Å². The Bertz CT molecular complexity index is 1490. The topological polar surface area (TPSA) is 111 Å². The second-order valence-corrected chi connectivity index (χ2v) is 9.90. The molecule has 0 spiro atoms. The number of hydrogen-bond acceptors (Lipinski definition) is 7. The highest BCUT2D eigenvalue weighted by Gasteiger charge is 2.48. The number of nitrogens with zero attached hydrogens (tertiary/aromatic N) is 3. The van der Waals surface area contributed by atoms with Crippen molar-refractivity contribution < 1.29 is 57.5 Å². The fraction of sp³-hybridized carbons (Fsp3) is 0.273. The van der Waals surface area contributed by atoms with Crippen molar-refractivity contribution in [3.05, 3.63) is 65.7 Å². The van der Waals surface area contributed by atoms with E-state index in [-0.39, 0.29) is 41.0 Å². The first kappa shape index (κ1) is 30.6. The molecule has 40 heavy (non-hydrogen) atoms. The van der Waals surface area contributed by atoms with Gasteiger partial charge in [0.2, 0.25) is 0 Å². The lowest BCUT2D eigenvalue weighted by Gasteiger charge is -2.18. The Morgan fingerprint density at radius 2 is 1.60 bits per heavy atom. The molecule has 18 heteroatoms. The van der Waals surface area contributed by atoms with E-state index < -0.39 is 62.3 Å². The highest BCUT2D eigenvalue weighted by molar-refractivity contribution is 7.92. The number of amides is 1. The van der Waals surface area contributed by atoms with E-state index in [1.165, 1.54) is 25.4 Å². The lowest BCUT2D eigenvalue weighted by molar-refractivity contribution is -0.153. The predicted molar refractivity (Wildman–Crippen MR) is 117 cm³/mol. The minimum absolute atomic E-state index is 0.0120. The van der Waals surface area contributed by atoms with Gasteiger partial charge in [-0.05, 0) is 37.3 Å². The van der Waals surface area contributed by atoms with Crippen LogP contribution in [0.3, 0.4) is 0 Å². The van der Waals surface area contributed by atoms with Gasteiger partial charge in [-0.3, -0.25) is 19.7 Å². The molecular weight excluding hydrogens is 587 g/mol. The SMILES string of the molecule is CC(NC(=O)c1cc(C(F)(F)F)cc(S(=O)(=O)C(F)(F)F)c1)c1nccnc1-c1ccc(OCC(F)(F)F)cn1. The Morgan fingerprint density at radius 1 is 0.950 bits per heavy atom. The molecule has 2 heterocycles. The third kappa shape index (κ3) is 7.16. The number of halogens is 9. The number of sulfone groups is 1. The second kappa shape index (κ2) is 10.9. The summed E-state index contributed by atoms with van der Waals surface area (Å²) in [5.41, 5.74) is -8.80. The van der Waals surface area contributed by atoms with Crippen LogP contribution in [-0.2, 0) is 16.0 Å². The van der Waals surface area contributed by atoms with Crippen LogP contribution in [0.4, 0.5) is 39.5 Å². The molecule has 1 aromatic carbocycles. The van der Waals surface area contributed by atoms with E-state index in [4.69, 9.17) is 0 Å². The zero-order chi connectivity index (χ0) is 30.1. The van der Waals surface area contributed by atoms with Gasteiger partial charge in [0.1, 0.15) is 11.4 Å². The monoisotopic (exact) mass is 602 g/mol. The van der Waals surface area contributed by atoms with Crippen molar-refractivity contribution in [3.63, 3.8) is 0 Å². The molecule has 0 aliphatic heterocycles. The predicted octanol–water partition coefficient (Wildman–Crippen LogP) is 5.28. The number of hydrogen-bond donors (Lipinski definition) is 1. The van der Waals surface area contributed by atoms with Gasteiger partial charge in [0.15, 0.2) is 6.61 Å². The van der Waals surface area contributed by atoms with Gasteiger partial charge >= 0.3 is 17.9 Å². The van der Waals surface area contributed by atoms with Gasteiger partial charge in [0.25, 0.3) is 15.7 Å². The third-order valence-corrected chi connectivity index (χ3v) is 6.44. The summed E-state index contributed by atoms with van der Waals surface area (Å²) in [6, 6.07) is 1.26. The molecule has 3 rings (SSSR count). The van der Waals surface area contributed by atoms with E-state index >= 15 is 0 Å². The summed E-state index contributed by atoms with van der Waals surface area (Å²) in [5, 5.41) is 2.20. The number of benzene rings is 1. The molecular formula is C22H15F9N4O4S. The van der Waals surface area contributed by atoms with Crippen LogP contribution in [0.5, 0.6) is 5.75 Å². The highest BCUT2D eigenvalue weighted by atomic mass is 32.2. The van der Waals surface area contributed by atoms with Gasteiger partial charge in [-0.25, -0.2) is 8.42 Å². The average Bonchev–Trinajstić information content (AvgIpc) is 2.86. The molecule has 0 saturated heterocycles. The van der Waals surface area contributed by atoms with E-state index in [0.717, 1.165) is 12.3 Å². The minimum Gasteiger partial charge on any atom is -0.483 e. The maximum atomic E-state index is 13.3. The van der Waals surface area contributed by atoms with Crippen LogP contribution >= 0.6 is 0 Å². The molecule has 1 amide bonds. The Kier molecular flexibility index (Phi) is 8.33. The smallest absolute Gasteiger partial charge is 0.483 e. The highest BCUT2D eigenvalue weighted by Crippen LogP contribution is 2.36. The van der Waals surface area contributed by atoms with Crippen molar-refractivity contribution in [1.82, 2.24) is 20.3 Å². The molecule has 0 fully saturated rings. The molecule has 0 aliphatic rings. The number of ether oxygens (including phenoxy) is 1. The third-order valence-electron chi connectivity index (χ3n) is 4.98. The fourth-order valence-electron chi connectivity index (χ4n) is 3.16. The normalized spacial score (nSPS) is 13.6. The second-order valence-electron chi connectivity index (χ2n) is 7.96. The maximum Gasteiger partial charge on any atom is 0.501 e. The first-order chi connectivity index (χ1) is 18.3. The van der Waals surface area contributed by atoms with Crippen molar-refractivity contribution in [2.24, 2.45) is 0 Å². The standard InChI is InChI=1S/C22H15F9N4O4S/c1-11(17-18(33-5-4-32-17)16-3-2-14(9-34-16)39-10-20(23,24)25)35-19(36)12-6-13(21(26,27)28)8-15(7-12)40(37,38)22(29,30)31/h2-9,11H,10H2,1H3,(H,35,36). The van der Waals surface area contributed by atoms with Gasteiger partial charge in [-0.15, -0.1) is 0 Å². The maximum absolute atomic E-state index is 13.3. The van der Waals surface area contributed by atoms with Crippen molar-refractivity contribution in [2.75, 3.05) is 6.61 Å². The molecule has 1 atom stereocenters. The van der Waals surface area contributed by atoms with Gasteiger partial charge < -0.3 is 10.1 Å². The lowest BCUT2D eigenvalue weighted by Crippen LogP contribution is -2.29. The van der Waals surface area contributed by atoms with Crippen molar-refractivity contribution >= 4 is 15.7 Å². The largest absolute Gasteiger partial charge is 0.501 e. The number of pyridine rings is 1. The number of carbonyl (C=O) groups excluding carboxylic acids is 1. The summed E-state index contributed by atoms with van der Waals surface area (Å²) in [4.78, 5) is 22.9.